The number of anilines is 1. The SMILES string of the molecule is CN(C(=O)Nc1ccc(OC(F)(F)F)cc1)C1CNC1. The van der Waals surface area contributed by atoms with Gasteiger partial charge >= 0.3 is 12.4 Å². The maximum atomic E-state index is 12.0. The van der Waals surface area contributed by atoms with E-state index in [1.165, 1.54) is 12.1 Å². The van der Waals surface area contributed by atoms with Gasteiger partial charge in [0, 0.05) is 25.8 Å². The molecule has 1 aliphatic rings. The largest absolute Gasteiger partial charge is 0.573 e. The van der Waals surface area contributed by atoms with Crippen LogP contribution in [0.3, 0.4) is 0 Å². The monoisotopic (exact) mass is 289 g/mol. The molecule has 0 bridgehead atoms. The third-order valence-electron chi connectivity index (χ3n) is 2.97. The lowest BCUT2D eigenvalue weighted by atomic mass is 10.1. The van der Waals surface area contributed by atoms with Crippen LogP contribution in [0.5, 0.6) is 5.75 Å². The van der Waals surface area contributed by atoms with E-state index in [9.17, 15) is 18.0 Å². The summed E-state index contributed by atoms with van der Waals surface area (Å²) < 4.78 is 39.7. The molecule has 2 rings (SSSR count). The number of nitrogens with one attached hydrogen (secondary N) is 2. The molecule has 1 aliphatic heterocycles. The van der Waals surface area contributed by atoms with Gasteiger partial charge in [-0.1, -0.05) is 0 Å². The summed E-state index contributed by atoms with van der Waals surface area (Å²) in [5, 5.41) is 5.65. The Bertz CT molecular complexity index is 472. The van der Waals surface area contributed by atoms with Gasteiger partial charge in [-0.15, -0.1) is 13.2 Å². The van der Waals surface area contributed by atoms with Gasteiger partial charge in [0.2, 0.25) is 0 Å². The minimum Gasteiger partial charge on any atom is -0.406 e. The molecule has 0 aromatic heterocycles. The molecule has 2 N–H and O–H groups in total. The Morgan fingerprint density at radius 3 is 2.40 bits per heavy atom. The molecule has 1 aromatic rings. The number of hydrogen-bond acceptors (Lipinski definition) is 3. The quantitative estimate of drug-likeness (QED) is 0.895. The highest BCUT2D eigenvalue weighted by atomic mass is 19.4. The van der Waals surface area contributed by atoms with E-state index in [0.29, 0.717) is 5.69 Å². The first-order chi connectivity index (χ1) is 9.35. The van der Waals surface area contributed by atoms with Crippen molar-refractivity contribution < 1.29 is 22.7 Å². The summed E-state index contributed by atoms with van der Waals surface area (Å²) in [4.78, 5) is 13.4. The summed E-state index contributed by atoms with van der Waals surface area (Å²) in [5.74, 6) is -0.327. The standard InChI is InChI=1S/C12H14F3N3O2/c1-18(9-6-16-7-9)11(19)17-8-2-4-10(5-3-8)20-12(13,14)15/h2-5,9,16H,6-7H2,1H3,(H,17,19). The number of carbonyl (C=O) groups is 1. The van der Waals surface area contributed by atoms with Crippen molar-refractivity contribution in [2.45, 2.75) is 12.4 Å². The Morgan fingerprint density at radius 1 is 1.35 bits per heavy atom. The van der Waals surface area contributed by atoms with E-state index in [4.69, 9.17) is 0 Å². The van der Waals surface area contributed by atoms with Crippen molar-refractivity contribution >= 4 is 11.7 Å². The van der Waals surface area contributed by atoms with Crippen LogP contribution in [0.15, 0.2) is 24.3 Å². The number of alkyl halides is 3. The Kier molecular flexibility index (Phi) is 4.03. The van der Waals surface area contributed by atoms with Crippen molar-refractivity contribution in [1.29, 1.82) is 0 Å². The van der Waals surface area contributed by atoms with Crippen molar-refractivity contribution in [1.82, 2.24) is 10.2 Å². The molecule has 20 heavy (non-hydrogen) atoms. The lowest BCUT2D eigenvalue weighted by molar-refractivity contribution is -0.274. The number of urea groups is 1. The number of nitrogens with zero attached hydrogens (tertiary/aromatic N) is 1. The van der Waals surface area contributed by atoms with Gasteiger partial charge in [0.05, 0.1) is 6.04 Å². The number of amides is 2. The van der Waals surface area contributed by atoms with E-state index in [1.54, 1.807) is 11.9 Å². The van der Waals surface area contributed by atoms with E-state index in [-0.39, 0.29) is 17.8 Å². The number of likely N-dealkylation sites (N-methyl/N-ethyl adjacent to an activating group) is 1. The van der Waals surface area contributed by atoms with Crippen LogP contribution in [-0.2, 0) is 0 Å². The van der Waals surface area contributed by atoms with Gasteiger partial charge in [0.15, 0.2) is 0 Å². The van der Waals surface area contributed by atoms with Crippen molar-refractivity contribution in [3.8, 4) is 5.75 Å². The zero-order valence-electron chi connectivity index (χ0n) is 10.7. The van der Waals surface area contributed by atoms with Crippen LogP contribution in [0, 0.1) is 0 Å². The zero-order valence-corrected chi connectivity index (χ0v) is 10.7. The Hall–Kier alpha value is -1.96. The van der Waals surface area contributed by atoms with Crippen LogP contribution in [0.2, 0.25) is 0 Å². The molecule has 0 atom stereocenters. The molecule has 1 aromatic carbocycles. The van der Waals surface area contributed by atoms with E-state index < -0.39 is 6.36 Å². The average Bonchev–Trinajstić information content (AvgIpc) is 2.27. The molecule has 0 radical (unpaired) electrons. The zero-order chi connectivity index (χ0) is 14.8. The number of carbonyl (C=O) groups excluding carboxylic acids is 1. The molecular weight excluding hydrogens is 275 g/mol. The van der Waals surface area contributed by atoms with Gasteiger partial charge in [-0.25, -0.2) is 4.79 Å². The molecule has 0 unspecified atom stereocenters. The van der Waals surface area contributed by atoms with E-state index in [2.05, 4.69) is 15.4 Å². The Balaban J connectivity index is 1.91. The molecule has 1 fully saturated rings. The normalized spacial score (nSPS) is 15.4. The second kappa shape index (κ2) is 5.58. The van der Waals surface area contributed by atoms with Gasteiger partial charge in [0.1, 0.15) is 5.75 Å². The van der Waals surface area contributed by atoms with Gasteiger partial charge in [-0.05, 0) is 24.3 Å². The second-order valence-corrected chi connectivity index (χ2v) is 4.43. The van der Waals surface area contributed by atoms with Crippen LogP contribution >= 0.6 is 0 Å². The number of halogens is 3. The van der Waals surface area contributed by atoms with Crippen molar-refractivity contribution in [2.75, 3.05) is 25.5 Å². The fourth-order valence-electron chi connectivity index (χ4n) is 1.66. The first kappa shape index (κ1) is 14.4. The predicted octanol–water partition coefficient (Wildman–Crippen LogP) is 2.02. The van der Waals surface area contributed by atoms with Crippen LogP contribution in [0.1, 0.15) is 0 Å². The van der Waals surface area contributed by atoms with Gasteiger partial charge in [0.25, 0.3) is 0 Å². The summed E-state index contributed by atoms with van der Waals surface area (Å²) in [6.45, 7) is 1.48. The predicted molar refractivity (Wildman–Crippen MR) is 66.6 cm³/mol. The molecular formula is C12H14F3N3O2. The van der Waals surface area contributed by atoms with Gasteiger partial charge < -0.3 is 20.3 Å². The number of ether oxygens (including phenoxy) is 1. The van der Waals surface area contributed by atoms with E-state index in [0.717, 1.165) is 25.2 Å². The Morgan fingerprint density at radius 2 is 1.95 bits per heavy atom. The van der Waals surface area contributed by atoms with Crippen molar-refractivity contribution in [2.24, 2.45) is 0 Å². The highest BCUT2D eigenvalue weighted by molar-refractivity contribution is 5.89. The summed E-state index contributed by atoms with van der Waals surface area (Å²) in [6, 6.07) is 4.84. The maximum Gasteiger partial charge on any atom is 0.573 e. The maximum absolute atomic E-state index is 12.0. The summed E-state index contributed by atoms with van der Waals surface area (Å²) in [6.07, 6.45) is -4.72. The first-order valence-corrected chi connectivity index (χ1v) is 5.95. The molecule has 1 heterocycles. The number of benzene rings is 1. The fraction of sp³-hybridized carbons (Fsp3) is 0.417. The third kappa shape index (κ3) is 3.77. The van der Waals surface area contributed by atoms with E-state index in [1.807, 2.05) is 0 Å². The molecule has 0 spiro atoms. The molecule has 1 saturated heterocycles. The van der Waals surface area contributed by atoms with Crippen LogP contribution in [0.4, 0.5) is 23.7 Å². The van der Waals surface area contributed by atoms with Gasteiger partial charge in [-0.3, -0.25) is 0 Å². The topological polar surface area (TPSA) is 53.6 Å². The van der Waals surface area contributed by atoms with Crippen molar-refractivity contribution in [3.05, 3.63) is 24.3 Å². The number of hydrogen-bond donors (Lipinski definition) is 2. The van der Waals surface area contributed by atoms with Crippen molar-refractivity contribution in [3.63, 3.8) is 0 Å². The lowest BCUT2D eigenvalue weighted by Crippen LogP contribution is -2.58. The third-order valence-corrected chi connectivity index (χ3v) is 2.97. The minimum absolute atomic E-state index is 0.142. The minimum atomic E-state index is -4.72. The molecule has 0 aliphatic carbocycles. The molecule has 5 nitrogen and oxygen atoms in total. The lowest BCUT2D eigenvalue weighted by Gasteiger charge is -2.35. The summed E-state index contributed by atoms with van der Waals surface area (Å²) >= 11 is 0. The first-order valence-electron chi connectivity index (χ1n) is 5.95. The Labute approximate surface area is 113 Å². The number of rotatable bonds is 3. The molecule has 0 saturated carbocycles. The summed E-state index contributed by atoms with van der Waals surface area (Å²) in [5.41, 5.74) is 0.406. The van der Waals surface area contributed by atoms with Crippen LogP contribution in [-0.4, -0.2) is 43.5 Å². The van der Waals surface area contributed by atoms with Crippen LogP contribution < -0.4 is 15.4 Å². The average molecular weight is 289 g/mol. The van der Waals surface area contributed by atoms with Gasteiger partial charge in [-0.2, -0.15) is 0 Å². The van der Waals surface area contributed by atoms with Crippen LogP contribution in [0.25, 0.3) is 0 Å². The highest BCUT2D eigenvalue weighted by Crippen LogP contribution is 2.24. The highest BCUT2D eigenvalue weighted by Gasteiger charge is 2.31. The summed E-state index contributed by atoms with van der Waals surface area (Å²) in [7, 11) is 1.67. The molecule has 8 heteroatoms. The fourth-order valence-corrected chi connectivity index (χ4v) is 1.66. The molecule has 110 valence electrons. The smallest absolute Gasteiger partial charge is 0.406 e. The van der Waals surface area contributed by atoms with E-state index >= 15 is 0 Å². The second-order valence-electron chi connectivity index (χ2n) is 4.43. The molecule has 2 amide bonds.